The van der Waals surface area contributed by atoms with Crippen LogP contribution in [-0.4, -0.2) is 11.1 Å². The van der Waals surface area contributed by atoms with E-state index in [-0.39, 0.29) is 5.56 Å². The smallest absolute Gasteiger partial charge is 0.335 e. The van der Waals surface area contributed by atoms with E-state index in [1.54, 1.807) is 24.3 Å². The van der Waals surface area contributed by atoms with Crippen molar-refractivity contribution in [3.05, 3.63) is 101 Å². The largest absolute Gasteiger partial charge is 0.478 e. The molecule has 27 heavy (non-hydrogen) atoms. The number of rotatable bonds is 3. The highest BCUT2D eigenvalue weighted by Crippen LogP contribution is 2.28. The van der Waals surface area contributed by atoms with Gasteiger partial charge in [-0.15, -0.1) is 0 Å². The SMILES string of the molecule is CC(=CC#Cc1ccc(C(=O)O)cc1)c1ccccc1-c1ccc(C)cc1. The Morgan fingerprint density at radius 3 is 2.26 bits per heavy atom. The fraction of sp³-hybridized carbons (Fsp3) is 0.0800. The molecule has 0 spiro atoms. The van der Waals surface area contributed by atoms with Crippen molar-refractivity contribution in [2.24, 2.45) is 0 Å². The van der Waals surface area contributed by atoms with Gasteiger partial charge < -0.3 is 5.11 Å². The first-order valence-electron chi connectivity index (χ1n) is 8.73. The number of allylic oxidation sites excluding steroid dienone is 2. The van der Waals surface area contributed by atoms with Crippen molar-refractivity contribution >= 4 is 11.5 Å². The van der Waals surface area contributed by atoms with Gasteiger partial charge in [0.2, 0.25) is 0 Å². The van der Waals surface area contributed by atoms with Crippen molar-refractivity contribution in [3.63, 3.8) is 0 Å². The standard InChI is InChI=1S/C25H20O2/c1-18-10-14-21(15-11-18)24-9-4-3-8-23(24)19(2)6-5-7-20-12-16-22(17-13-20)25(26)27/h3-4,6,8-17H,1-2H3,(H,26,27). The second-order valence-corrected chi connectivity index (χ2v) is 6.39. The lowest BCUT2D eigenvalue weighted by molar-refractivity contribution is 0.0697. The third-order valence-electron chi connectivity index (χ3n) is 4.35. The highest BCUT2D eigenvalue weighted by Gasteiger charge is 2.05. The van der Waals surface area contributed by atoms with Gasteiger partial charge in [-0.1, -0.05) is 65.9 Å². The molecule has 2 nitrogen and oxygen atoms in total. The summed E-state index contributed by atoms with van der Waals surface area (Å²) < 4.78 is 0. The number of benzene rings is 3. The van der Waals surface area contributed by atoms with Crippen molar-refractivity contribution in [2.45, 2.75) is 13.8 Å². The molecule has 3 aromatic rings. The number of hydrogen-bond acceptors (Lipinski definition) is 1. The van der Waals surface area contributed by atoms with Crippen LogP contribution < -0.4 is 0 Å². The predicted molar refractivity (Wildman–Crippen MR) is 111 cm³/mol. The molecular weight excluding hydrogens is 332 g/mol. The average Bonchev–Trinajstić information content (AvgIpc) is 2.69. The molecule has 0 aliphatic rings. The van der Waals surface area contributed by atoms with E-state index in [1.165, 1.54) is 16.7 Å². The lowest BCUT2D eigenvalue weighted by atomic mass is 9.94. The minimum atomic E-state index is -0.932. The van der Waals surface area contributed by atoms with Gasteiger partial charge in [0.1, 0.15) is 0 Å². The Morgan fingerprint density at radius 2 is 1.59 bits per heavy atom. The van der Waals surface area contributed by atoms with E-state index in [1.807, 2.05) is 18.2 Å². The molecule has 0 bridgehead atoms. The van der Waals surface area contributed by atoms with Crippen molar-refractivity contribution in [3.8, 4) is 23.0 Å². The van der Waals surface area contributed by atoms with Crippen LogP contribution in [0.2, 0.25) is 0 Å². The Hall–Kier alpha value is -3.57. The van der Waals surface area contributed by atoms with Gasteiger partial charge in [0.25, 0.3) is 0 Å². The van der Waals surface area contributed by atoms with E-state index in [0.29, 0.717) is 0 Å². The number of aromatic carboxylic acids is 1. The molecule has 0 atom stereocenters. The van der Waals surface area contributed by atoms with Gasteiger partial charge in [-0.05, 0) is 66.5 Å². The molecule has 0 aromatic heterocycles. The predicted octanol–water partition coefficient (Wildman–Crippen LogP) is 5.82. The van der Waals surface area contributed by atoms with Crippen LogP contribution in [0.15, 0.2) is 78.9 Å². The Morgan fingerprint density at radius 1 is 0.926 bits per heavy atom. The lowest BCUT2D eigenvalue weighted by Crippen LogP contribution is -1.94. The molecule has 0 amide bonds. The molecule has 0 aliphatic heterocycles. The summed E-state index contributed by atoms with van der Waals surface area (Å²) in [5.41, 5.74) is 6.89. The molecule has 0 saturated heterocycles. The quantitative estimate of drug-likeness (QED) is 0.604. The first kappa shape index (κ1) is 18.2. The topological polar surface area (TPSA) is 37.3 Å². The number of carboxylic acids is 1. The summed E-state index contributed by atoms with van der Waals surface area (Å²) in [4.78, 5) is 10.9. The first-order valence-corrected chi connectivity index (χ1v) is 8.73. The molecule has 1 N–H and O–H groups in total. The van der Waals surface area contributed by atoms with E-state index < -0.39 is 5.97 Å². The minimum absolute atomic E-state index is 0.263. The van der Waals surface area contributed by atoms with E-state index >= 15 is 0 Å². The van der Waals surface area contributed by atoms with Gasteiger partial charge in [-0.25, -0.2) is 4.79 Å². The number of hydrogen-bond donors (Lipinski definition) is 1. The van der Waals surface area contributed by atoms with Crippen LogP contribution >= 0.6 is 0 Å². The molecule has 132 valence electrons. The maximum atomic E-state index is 10.9. The summed E-state index contributed by atoms with van der Waals surface area (Å²) in [5, 5.41) is 8.94. The second-order valence-electron chi connectivity index (χ2n) is 6.39. The summed E-state index contributed by atoms with van der Waals surface area (Å²) >= 11 is 0. The normalized spacial score (nSPS) is 10.8. The minimum Gasteiger partial charge on any atom is -0.478 e. The number of aryl methyl sites for hydroxylation is 1. The summed E-state index contributed by atoms with van der Waals surface area (Å²) in [5.74, 6) is 5.20. The highest BCUT2D eigenvalue weighted by atomic mass is 16.4. The summed E-state index contributed by atoms with van der Waals surface area (Å²) in [7, 11) is 0. The first-order chi connectivity index (χ1) is 13.0. The van der Waals surface area contributed by atoms with Crippen LogP contribution in [-0.2, 0) is 0 Å². The van der Waals surface area contributed by atoms with E-state index in [2.05, 4.69) is 62.1 Å². The fourth-order valence-corrected chi connectivity index (χ4v) is 2.81. The Balaban J connectivity index is 1.87. The van der Waals surface area contributed by atoms with Gasteiger partial charge in [-0.3, -0.25) is 0 Å². The van der Waals surface area contributed by atoms with Crippen LogP contribution in [0.5, 0.6) is 0 Å². The summed E-state index contributed by atoms with van der Waals surface area (Å²) in [6, 6.07) is 23.4. The van der Waals surface area contributed by atoms with Gasteiger partial charge in [-0.2, -0.15) is 0 Å². The molecule has 0 radical (unpaired) electrons. The van der Waals surface area contributed by atoms with Crippen LogP contribution in [0, 0.1) is 18.8 Å². The summed E-state index contributed by atoms with van der Waals surface area (Å²) in [6.45, 7) is 4.13. The van der Waals surface area contributed by atoms with Crippen LogP contribution in [0.3, 0.4) is 0 Å². The molecule has 2 heteroatoms. The third kappa shape index (κ3) is 4.54. The lowest BCUT2D eigenvalue weighted by Gasteiger charge is -2.10. The van der Waals surface area contributed by atoms with Gasteiger partial charge in [0.15, 0.2) is 0 Å². The van der Waals surface area contributed by atoms with Gasteiger partial charge >= 0.3 is 5.97 Å². The Kier molecular flexibility index (Phi) is 5.54. The Bertz CT molecular complexity index is 1040. The van der Waals surface area contributed by atoms with E-state index in [9.17, 15) is 4.79 Å². The van der Waals surface area contributed by atoms with Crippen molar-refractivity contribution < 1.29 is 9.90 Å². The van der Waals surface area contributed by atoms with Crippen molar-refractivity contribution in [1.82, 2.24) is 0 Å². The zero-order valence-corrected chi connectivity index (χ0v) is 15.4. The molecule has 0 unspecified atom stereocenters. The van der Waals surface area contributed by atoms with Gasteiger partial charge in [0.05, 0.1) is 5.56 Å². The molecule has 0 fully saturated rings. The average molecular weight is 352 g/mol. The van der Waals surface area contributed by atoms with Gasteiger partial charge in [0, 0.05) is 5.56 Å². The molecule has 3 rings (SSSR count). The maximum Gasteiger partial charge on any atom is 0.335 e. The van der Waals surface area contributed by atoms with Crippen LogP contribution in [0.4, 0.5) is 0 Å². The Labute approximate surface area is 159 Å². The fourth-order valence-electron chi connectivity index (χ4n) is 2.81. The maximum absolute atomic E-state index is 10.9. The summed E-state index contributed by atoms with van der Waals surface area (Å²) in [6.07, 6.45) is 1.90. The zero-order chi connectivity index (χ0) is 19.2. The van der Waals surface area contributed by atoms with Crippen LogP contribution in [0.1, 0.15) is 34.0 Å². The number of carboxylic acid groups (broad SMARTS) is 1. The highest BCUT2D eigenvalue weighted by molar-refractivity contribution is 5.87. The molecule has 0 aliphatic carbocycles. The van der Waals surface area contributed by atoms with E-state index in [4.69, 9.17) is 5.11 Å². The van der Waals surface area contributed by atoms with Crippen molar-refractivity contribution in [1.29, 1.82) is 0 Å². The molecule has 0 saturated carbocycles. The van der Waals surface area contributed by atoms with Crippen molar-refractivity contribution in [2.75, 3.05) is 0 Å². The monoisotopic (exact) mass is 352 g/mol. The third-order valence-corrected chi connectivity index (χ3v) is 4.35. The number of carbonyl (C=O) groups is 1. The zero-order valence-electron chi connectivity index (χ0n) is 15.4. The van der Waals surface area contributed by atoms with E-state index in [0.717, 1.165) is 16.7 Å². The molecular formula is C25H20O2. The second kappa shape index (κ2) is 8.21. The van der Waals surface area contributed by atoms with Crippen LogP contribution in [0.25, 0.3) is 16.7 Å². The molecule has 0 heterocycles. The molecule has 3 aromatic carbocycles.